The standard InChI is InChI=1S/C25H20N4O3S/c1-2-31-19-14-12-18(13-15-19)29-24(30)20-10-6-7-11-21(20)26-25(29)33-16-22-27-28-23(32-22)17-8-4-3-5-9-17/h3-15H,2,16H2,1H3. The maximum Gasteiger partial charge on any atom is 0.266 e. The van der Waals surface area contributed by atoms with E-state index >= 15 is 0 Å². The van der Waals surface area contributed by atoms with Gasteiger partial charge in [0.05, 0.1) is 29.0 Å². The second-order valence-electron chi connectivity index (χ2n) is 7.13. The molecule has 0 saturated carbocycles. The van der Waals surface area contributed by atoms with Crippen LogP contribution in [0.4, 0.5) is 0 Å². The van der Waals surface area contributed by atoms with E-state index < -0.39 is 0 Å². The van der Waals surface area contributed by atoms with Crippen molar-refractivity contribution in [1.29, 1.82) is 0 Å². The molecule has 0 aliphatic heterocycles. The summed E-state index contributed by atoms with van der Waals surface area (Å²) in [6, 6.07) is 24.3. The minimum atomic E-state index is -0.136. The molecular weight excluding hydrogens is 436 g/mol. The van der Waals surface area contributed by atoms with E-state index in [4.69, 9.17) is 14.1 Å². The van der Waals surface area contributed by atoms with Crippen LogP contribution in [0, 0.1) is 0 Å². The Hall–Kier alpha value is -3.91. The largest absolute Gasteiger partial charge is 0.494 e. The molecular formula is C25H20N4O3S. The van der Waals surface area contributed by atoms with E-state index in [9.17, 15) is 4.79 Å². The summed E-state index contributed by atoms with van der Waals surface area (Å²) in [7, 11) is 0. The van der Waals surface area contributed by atoms with Gasteiger partial charge in [-0.15, -0.1) is 10.2 Å². The Balaban J connectivity index is 1.50. The summed E-state index contributed by atoms with van der Waals surface area (Å²) in [6.45, 7) is 2.51. The van der Waals surface area contributed by atoms with E-state index in [1.54, 1.807) is 10.6 Å². The predicted molar refractivity (Wildman–Crippen MR) is 128 cm³/mol. The van der Waals surface area contributed by atoms with Gasteiger partial charge in [-0.2, -0.15) is 0 Å². The third-order valence-corrected chi connectivity index (χ3v) is 5.89. The molecule has 7 nitrogen and oxygen atoms in total. The number of aromatic nitrogens is 4. The maximum absolute atomic E-state index is 13.4. The molecule has 0 saturated heterocycles. The Morgan fingerprint density at radius 3 is 2.48 bits per heavy atom. The van der Waals surface area contributed by atoms with Crippen molar-refractivity contribution in [2.75, 3.05) is 6.61 Å². The van der Waals surface area contributed by atoms with E-state index in [1.165, 1.54) is 11.8 Å². The summed E-state index contributed by atoms with van der Waals surface area (Å²) in [6.07, 6.45) is 0. The SMILES string of the molecule is CCOc1ccc(-n2c(SCc3nnc(-c4ccccc4)o3)nc3ccccc3c2=O)cc1. The minimum Gasteiger partial charge on any atom is -0.494 e. The molecule has 164 valence electrons. The molecule has 0 amide bonds. The fourth-order valence-corrected chi connectivity index (χ4v) is 4.28. The van der Waals surface area contributed by atoms with Gasteiger partial charge in [0.15, 0.2) is 5.16 Å². The summed E-state index contributed by atoms with van der Waals surface area (Å²) >= 11 is 1.37. The van der Waals surface area contributed by atoms with E-state index in [0.717, 1.165) is 11.3 Å². The van der Waals surface area contributed by atoms with Gasteiger partial charge < -0.3 is 9.15 Å². The molecule has 0 N–H and O–H groups in total. The number of ether oxygens (including phenoxy) is 1. The van der Waals surface area contributed by atoms with Gasteiger partial charge in [0, 0.05) is 5.56 Å². The number of benzene rings is 3. The molecule has 0 bridgehead atoms. The number of fused-ring (bicyclic) bond motifs is 1. The fraction of sp³-hybridized carbons (Fsp3) is 0.120. The summed E-state index contributed by atoms with van der Waals surface area (Å²) in [5.41, 5.74) is 2.07. The quantitative estimate of drug-likeness (QED) is 0.248. The number of para-hydroxylation sites is 1. The van der Waals surface area contributed by atoms with Crippen molar-refractivity contribution in [2.45, 2.75) is 17.8 Å². The molecule has 0 aliphatic rings. The zero-order valence-electron chi connectivity index (χ0n) is 17.8. The Kier molecular flexibility index (Phi) is 5.91. The summed E-state index contributed by atoms with van der Waals surface area (Å²) in [4.78, 5) is 18.1. The van der Waals surface area contributed by atoms with Crippen molar-refractivity contribution >= 4 is 22.7 Å². The first-order valence-corrected chi connectivity index (χ1v) is 11.5. The zero-order valence-corrected chi connectivity index (χ0v) is 18.7. The first kappa shape index (κ1) is 21.0. The second-order valence-corrected chi connectivity index (χ2v) is 8.08. The Morgan fingerprint density at radius 1 is 0.939 bits per heavy atom. The molecule has 0 unspecified atom stereocenters. The Labute approximate surface area is 194 Å². The molecule has 2 aromatic heterocycles. The van der Waals surface area contributed by atoms with Gasteiger partial charge >= 0.3 is 0 Å². The van der Waals surface area contributed by atoms with Crippen LogP contribution in [-0.2, 0) is 5.75 Å². The first-order chi connectivity index (χ1) is 16.2. The molecule has 5 aromatic rings. The van der Waals surface area contributed by atoms with Crippen molar-refractivity contribution < 1.29 is 9.15 Å². The van der Waals surface area contributed by atoms with Crippen LogP contribution in [-0.4, -0.2) is 26.4 Å². The first-order valence-electron chi connectivity index (χ1n) is 10.5. The number of nitrogens with zero attached hydrogens (tertiary/aromatic N) is 4. The van der Waals surface area contributed by atoms with Crippen LogP contribution >= 0.6 is 11.8 Å². The van der Waals surface area contributed by atoms with Gasteiger partial charge in [-0.05, 0) is 55.5 Å². The van der Waals surface area contributed by atoms with Gasteiger partial charge in [-0.25, -0.2) is 4.98 Å². The normalized spacial score (nSPS) is 11.1. The lowest BCUT2D eigenvalue weighted by atomic mass is 10.2. The highest BCUT2D eigenvalue weighted by molar-refractivity contribution is 7.98. The van der Waals surface area contributed by atoms with E-state index in [0.29, 0.717) is 45.9 Å². The number of hydrogen-bond acceptors (Lipinski definition) is 7. The highest BCUT2D eigenvalue weighted by Crippen LogP contribution is 2.26. The van der Waals surface area contributed by atoms with Crippen LogP contribution in [0.5, 0.6) is 5.75 Å². The molecule has 2 heterocycles. The van der Waals surface area contributed by atoms with Crippen molar-refractivity contribution in [3.05, 3.63) is 95.1 Å². The molecule has 0 spiro atoms. The van der Waals surface area contributed by atoms with Crippen molar-refractivity contribution in [3.8, 4) is 22.9 Å². The fourth-order valence-electron chi connectivity index (χ4n) is 3.43. The van der Waals surface area contributed by atoms with Crippen LogP contribution < -0.4 is 10.3 Å². The van der Waals surface area contributed by atoms with Gasteiger partial charge in [0.2, 0.25) is 11.8 Å². The molecule has 3 aromatic carbocycles. The smallest absolute Gasteiger partial charge is 0.266 e. The molecule has 5 rings (SSSR count). The minimum absolute atomic E-state index is 0.136. The van der Waals surface area contributed by atoms with Gasteiger partial charge in [0.1, 0.15) is 5.75 Å². The number of thioether (sulfide) groups is 1. The summed E-state index contributed by atoms with van der Waals surface area (Å²) in [5, 5.41) is 9.40. The number of hydrogen-bond donors (Lipinski definition) is 0. The monoisotopic (exact) mass is 456 g/mol. The van der Waals surface area contributed by atoms with Crippen LogP contribution in [0.25, 0.3) is 28.0 Å². The number of rotatable bonds is 7. The lowest BCUT2D eigenvalue weighted by molar-refractivity contribution is 0.340. The van der Waals surface area contributed by atoms with Gasteiger partial charge in [-0.3, -0.25) is 9.36 Å². The molecule has 0 atom stereocenters. The van der Waals surface area contributed by atoms with Crippen molar-refractivity contribution in [1.82, 2.24) is 19.7 Å². The Bertz CT molecular complexity index is 1450. The van der Waals surface area contributed by atoms with E-state index in [2.05, 4.69) is 10.2 Å². The molecule has 33 heavy (non-hydrogen) atoms. The van der Waals surface area contributed by atoms with Gasteiger partial charge in [-0.1, -0.05) is 42.1 Å². The van der Waals surface area contributed by atoms with Crippen molar-refractivity contribution in [2.24, 2.45) is 0 Å². The van der Waals surface area contributed by atoms with Gasteiger partial charge in [0.25, 0.3) is 5.56 Å². The summed E-state index contributed by atoms with van der Waals surface area (Å²) < 4.78 is 13.0. The van der Waals surface area contributed by atoms with Crippen LogP contribution in [0.15, 0.2) is 93.2 Å². The maximum atomic E-state index is 13.4. The summed E-state index contributed by atoms with van der Waals surface area (Å²) in [5.74, 6) is 2.04. The highest BCUT2D eigenvalue weighted by Gasteiger charge is 2.16. The topological polar surface area (TPSA) is 83.0 Å². The lowest BCUT2D eigenvalue weighted by Gasteiger charge is -2.13. The third kappa shape index (κ3) is 4.38. The molecule has 0 aliphatic carbocycles. The predicted octanol–water partition coefficient (Wildman–Crippen LogP) is 5.13. The third-order valence-electron chi connectivity index (χ3n) is 4.96. The molecule has 0 radical (unpaired) electrons. The van der Waals surface area contributed by atoms with Crippen LogP contribution in [0.2, 0.25) is 0 Å². The van der Waals surface area contributed by atoms with E-state index in [-0.39, 0.29) is 5.56 Å². The highest BCUT2D eigenvalue weighted by atomic mass is 32.2. The lowest BCUT2D eigenvalue weighted by Crippen LogP contribution is -2.21. The average Bonchev–Trinajstić information content (AvgIpc) is 3.34. The average molecular weight is 457 g/mol. The van der Waals surface area contributed by atoms with E-state index in [1.807, 2.05) is 79.7 Å². The van der Waals surface area contributed by atoms with Crippen LogP contribution in [0.3, 0.4) is 0 Å². The van der Waals surface area contributed by atoms with Crippen molar-refractivity contribution in [3.63, 3.8) is 0 Å². The zero-order chi connectivity index (χ0) is 22.6. The second kappa shape index (κ2) is 9.30. The molecule has 0 fully saturated rings. The Morgan fingerprint density at radius 2 is 1.70 bits per heavy atom. The van der Waals surface area contributed by atoms with Crippen LogP contribution in [0.1, 0.15) is 12.8 Å². The molecule has 8 heteroatoms.